The fraction of sp³-hybridized carbons (Fsp3) is 0.294. The van der Waals surface area contributed by atoms with Crippen LogP contribution in [0.4, 0.5) is 0 Å². The summed E-state index contributed by atoms with van der Waals surface area (Å²) in [5.74, 6) is 1.02. The summed E-state index contributed by atoms with van der Waals surface area (Å²) in [6.07, 6.45) is 2.81. The Kier molecular flexibility index (Phi) is 4.39. The van der Waals surface area contributed by atoms with Crippen LogP contribution in [0.3, 0.4) is 0 Å². The minimum atomic E-state index is -0.0377. The predicted molar refractivity (Wildman–Crippen MR) is 87.4 cm³/mol. The highest BCUT2D eigenvalue weighted by Crippen LogP contribution is 2.29. The molecule has 0 fully saturated rings. The molecule has 0 saturated carbocycles. The Balaban J connectivity index is 1.65. The molecule has 0 saturated heterocycles. The van der Waals surface area contributed by atoms with Gasteiger partial charge in [-0.05, 0) is 47.7 Å². The van der Waals surface area contributed by atoms with Crippen LogP contribution >= 0.6 is 23.2 Å². The smallest absolute Gasteiger partial charge is 0.122 e. The number of ether oxygens (including phenoxy) is 1. The van der Waals surface area contributed by atoms with E-state index in [2.05, 4.69) is 18.2 Å². The maximum atomic E-state index is 6.25. The van der Waals surface area contributed by atoms with Crippen molar-refractivity contribution in [2.75, 3.05) is 6.61 Å². The van der Waals surface area contributed by atoms with E-state index in [9.17, 15) is 0 Å². The maximum absolute atomic E-state index is 6.25. The molecule has 0 spiro atoms. The first-order chi connectivity index (χ1) is 10.1. The van der Waals surface area contributed by atoms with Crippen LogP contribution in [0.1, 0.15) is 29.2 Å². The summed E-state index contributed by atoms with van der Waals surface area (Å²) in [6, 6.07) is 12.0. The van der Waals surface area contributed by atoms with E-state index in [4.69, 9.17) is 33.7 Å². The van der Waals surface area contributed by atoms with E-state index in [0.717, 1.165) is 37.2 Å². The van der Waals surface area contributed by atoms with Gasteiger partial charge in [0.15, 0.2) is 0 Å². The summed E-state index contributed by atoms with van der Waals surface area (Å²) in [5.41, 5.74) is 9.87. The van der Waals surface area contributed by atoms with E-state index in [1.807, 2.05) is 12.1 Å². The lowest BCUT2D eigenvalue weighted by atomic mass is 9.98. The summed E-state index contributed by atoms with van der Waals surface area (Å²) in [6.45, 7) is 0.793. The van der Waals surface area contributed by atoms with Crippen molar-refractivity contribution in [3.05, 3.63) is 63.1 Å². The third kappa shape index (κ3) is 3.34. The Bertz CT molecular complexity index is 657. The average molecular weight is 322 g/mol. The number of rotatable bonds is 4. The van der Waals surface area contributed by atoms with E-state index < -0.39 is 0 Å². The van der Waals surface area contributed by atoms with Crippen LogP contribution in [0.2, 0.25) is 10.0 Å². The van der Waals surface area contributed by atoms with Crippen LogP contribution in [0, 0.1) is 0 Å². The molecule has 0 aliphatic carbocycles. The fourth-order valence-corrected chi connectivity index (χ4v) is 2.93. The molecule has 2 aromatic carbocycles. The van der Waals surface area contributed by atoms with Gasteiger partial charge in [-0.15, -0.1) is 0 Å². The molecule has 3 rings (SSSR count). The Morgan fingerprint density at radius 2 is 1.95 bits per heavy atom. The van der Waals surface area contributed by atoms with Crippen molar-refractivity contribution in [2.45, 2.75) is 25.3 Å². The number of hydrogen-bond acceptors (Lipinski definition) is 2. The van der Waals surface area contributed by atoms with Crippen molar-refractivity contribution < 1.29 is 4.74 Å². The number of halogens is 2. The lowest BCUT2D eigenvalue weighted by molar-refractivity contribution is 0.357. The summed E-state index contributed by atoms with van der Waals surface area (Å²) in [5, 5.41) is 1.12. The van der Waals surface area contributed by atoms with Crippen LogP contribution in [0.5, 0.6) is 5.75 Å². The molecule has 0 bridgehead atoms. The Morgan fingerprint density at radius 3 is 2.76 bits per heavy atom. The van der Waals surface area contributed by atoms with Crippen LogP contribution in [-0.4, -0.2) is 6.61 Å². The van der Waals surface area contributed by atoms with Gasteiger partial charge in [0.05, 0.1) is 16.7 Å². The second-order valence-corrected chi connectivity index (χ2v) is 6.17. The number of aryl methyl sites for hydroxylation is 1. The third-order valence-electron chi connectivity index (χ3n) is 3.87. The molecule has 1 unspecified atom stereocenters. The maximum Gasteiger partial charge on any atom is 0.122 e. The van der Waals surface area contributed by atoms with Gasteiger partial charge < -0.3 is 10.5 Å². The minimum absolute atomic E-state index is 0.0377. The van der Waals surface area contributed by atoms with Gasteiger partial charge in [0.25, 0.3) is 0 Å². The fourth-order valence-electron chi connectivity index (χ4n) is 2.63. The lowest BCUT2D eigenvalue weighted by Crippen LogP contribution is -2.11. The summed E-state index contributed by atoms with van der Waals surface area (Å²) in [7, 11) is 0. The molecule has 0 amide bonds. The monoisotopic (exact) mass is 321 g/mol. The Labute approximate surface area is 134 Å². The van der Waals surface area contributed by atoms with Crippen molar-refractivity contribution in [3.8, 4) is 5.75 Å². The van der Waals surface area contributed by atoms with Crippen molar-refractivity contribution in [2.24, 2.45) is 5.73 Å². The molecular weight excluding hydrogens is 305 g/mol. The Hall–Kier alpha value is -1.22. The lowest BCUT2D eigenvalue weighted by Gasteiger charge is -2.13. The van der Waals surface area contributed by atoms with Crippen molar-refractivity contribution in [1.29, 1.82) is 0 Å². The highest BCUT2D eigenvalue weighted by Gasteiger charge is 2.13. The van der Waals surface area contributed by atoms with Gasteiger partial charge in [0, 0.05) is 12.5 Å². The molecule has 2 nitrogen and oxygen atoms in total. The zero-order valence-corrected chi connectivity index (χ0v) is 13.1. The molecule has 2 aromatic rings. The van der Waals surface area contributed by atoms with Crippen LogP contribution in [0.15, 0.2) is 36.4 Å². The van der Waals surface area contributed by atoms with E-state index in [0.29, 0.717) is 10.0 Å². The molecule has 4 heteroatoms. The van der Waals surface area contributed by atoms with Crippen molar-refractivity contribution >= 4 is 23.2 Å². The second kappa shape index (κ2) is 6.27. The van der Waals surface area contributed by atoms with Gasteiger partial charge in [-0.2, -0.15) is 0 Å². The molecule has 2 N–H and O–H groups in total. The first-order valence-corrected chi connectivity index (χ1v) is 7.84. The number of fused-ring (bicyclic) bond motifs is 1. The second-order valence-electron chi connectivity index (χ2n) is 5.36. The standard InChI is InChI=1S/C17H17Cl2NO/c18-14-4-3-12(10-15(14)19)16(20)5-1-11-2-6-17-13(9-11)7-8-21-17/h2-4,6,9-10,16H,1,5,7-8,20H2. The summed E-state index contributed by atoms with van der Waals surface area (Å²) in [4.78, 5) is 0. The zero-order valence-electron chi connectivity index (χ0n) is 11.6. The van der Waals surface area contributed by atoms with Gasteiger partial charge >= 0.3 is 0 Å². The van der Waals surface area contributed by atoms with Gasteiger partial charge in [0.1, 0.15) is 5.75 Å². The topological polar surface area (TPSA) is 35.2 Å². The minimum Gasteiger partial charge on any atom is -0.493 e. The summed E-state index contributed by atoms with van der Waals surface area (Å²) < 4.78 is 5.52. The van der Waals surface area contributed by atoms with E-state index in [1.54, 1.807) is 6.07 Å². The van der Waals surface area contributed by atoms with E-state index in [1.165, 1.54) is 11.1 Å². The van der Waals surface area contributed by atoms with E-state index in [-0.39, 0.29) is 6.04 Å². The molecule has 1 heterocycles. The highest BCUT2D eigenvalue weighted by atomic mass is 35.5. The molecule has 1 atom stereocenters. The number of nitrogens with two attached hydrogens (primary N) is 1. The quantitative estimate of drug-likeness (QED) is 0.895. The SMILES string of the molecule is NC(CCc1ccc2c(c1)CCO2)c1ccc(Cl)c(Cl)c1. The molecule has 110 valence electrons. The van der Waals surface area contributed by atoms with Crippen LogP contribution in [0.25, 0.3) is 0 Å². The van der Waals surface area contributed by atoms with Gasteiger partial charge in [-0.3, -0.25) is 0 Å². The normalized spacial score (nSPS) is 14.6. The first-order valence-electron chi connectivity index (χ1n) is 7.08. The predicted octanol–water partition coefficient (Wildman–Crippen LogP) is 4.56. The third-order valence-corrected chi connectivity index (χ3v) is 4.61. The van der Waals surface area contributed by atoms with Crippen LogP contribution < -0.4 is 10.5 Å². The molecular formula is C17H17Cl2NO. The molecule has 1 aliphatic heterocycles. The molecule has 0 radical (unpaired) electrons. The van der Waals surface area contributed by atoms with Crippen molar-refractivity contribution in [3.63, 3.8) is 0 Å². The van der Waals surface area contributed by atoms with Gasteiger partial charge in [0.2, 0.25) is 0 Å². The largest absolute Gasteiger partial charge is 0.493 e. The van der Waals surface area contributed by atoms with Gasteiger partial charge in [-0.25, -0.2) is 0 Å². The Morgan fingerprint density at radius 1 is 1.10 bits per heavy atom. The zero-order chi connectivity index (χ0) is 14.8. The average Bonchev–Trinajstić information content (AvgIpc) is 2.95. The van der Waals surface area contributed by atoms with Crippen LogP contribution in [-0.2, 0) is 12.8 Å². The number of benzene rings is 2. The van der Waals surface area contributed by atoms with Crippen molar-refractivity contribution in [1.82, 2.24) is 0 Å². The van der Waals surface area contributed by atoms with Gasteiger partial charge in [-0.1, -0.05) is 41.4 Å². The molecule has 21 heavy (non-hydrogen) atoms. The number of hydrogen-bond donors (Lipinski definition) is 1. The van der Waals surface area contributed by atoms with E-state index >= 15 is 0 Å². The summed E-state index contributed by atoms with van der Waals surface area (Å²) >= 11 is 12.0. The molecule has 0 aromatic heterocycles. The first kappa shape index (κ1) is 14.7. The molecule has 1 aliphatic rings. The highest BCUT2D eigenvalue weighted by molar-refractivity contribution is 6.42.